The third-order valence-corrected chi connectivity index (χ3v) is 6.59. The molecule has 0 aliphatic carbocycles. The van der Waals surface area contributed by atoms with Crippen LogP contribution in [-0.2, 0) is 13.1 Å². The molecule has 0 bridgehead atoms. The summed E-state index contributed by atoms with van der Waals surface area (Å²) in [6, 6.07) is 19.8. The Morgan fingerprint density at radius 1 is 1.06 bits per heavy atom. The Balaban J connectivity index is 1.58. The number of benzene rings is 2. The second-order valence-corrected chi connectivity index (χ2v) is 8.56. The monoisotopic (exact) mass is 457 g/mol. The molecule has 0 saturated heterocycles. The van der Waals surface area contributed by atoms with Crippen molar-refractivity contribution in [3.63, 3.8) is 0 Å². The molecular formula is C25H23N5O2S. The van der Waals surface area contributed by atoms with E-state index < -0.39 is 0 Å². The van der Waals surface area contributed by atoms with Crippen molar-refractivity contribution in [2.75, 3.05) is 5.32 Å². The number of aryl methyl sites for hydroxylation is 1. The number of aromatic nitrogens is 4. The maximum Gasteiger partial charge on any atom is 0.264 e. The van der Waals surface area contributed by atoms with Crippen LogP contribution in [0.15, 0.2) is 86.2 Å². The fraction of sp³-hybridized carbons (Fsp3) is 0.160. The molecule has 0 radical (unpaired) electrons. The van der Waals surface area contributed by atoms with Gasteiger partial charge in [-0.2, -0.15) is 0 Å². The highest BCUT2D eigenvalue weighted by molar-refractivity contribution is 7.99. The quantitative estimate of drug-likeness (QED) is 0.337. The number of furan rings is 1. The van der Waals surface area contributed by atoms with E-state index in [0.717, 1.165) is 39.3 Å². The van der Waals surface area contributed by atoms with Gasteiger partial charge in [-0.3, -0.25) is 4.79 Å². The van der Waals surface area contributed by atoms with Crippen LogP contribution in [0.4, 0.5) is 5.69 Å². The summed E-state index contributed by atoms with van der Waals surface area (Å²) in [6.07, 6.45) is 1.64. The van der Waals surface area contributed by atoms with Crippen molar-refractivity contribution in [3.05, 3.63) is 88.6 Å². The minimum atomic E-state index is -0.166. The van der Waals surface area contributed by atoms with Crippen LogP contribution in [0, 0.1) is 6.92 Å². The molecule has 5 rings (SSSR count). The normalized spacial score (nSPS) is 11.2. The van der Waals surface area contributed by atoms with Crippen LogP contribution in [0.2, 0.25) is 0 Å². The lowest BCUT2D eigenvalue weighted by atomic mass is 10.1. The van der Waals surface area contributed by atoms with Gasteiger partial charge in [0.1, 0.15) is 10.7 Å². The van der Waals surface area contributed by atoms with Gasteiger partial charge in [-0.25, -0.2) is 0 Å². The van der Waals surface area contributed by atoms with E-state index in [9.17, 15) is 4.79 Å². The van der Waals surface area contributed by atoms with Gasteiger partial charge >= 0.3 is 0 Å². The number of pyridine rings is 1. The van der Waals surface area contributed by atoms with E-state index in [1.54, 1.807) is 6.26 Å². The minimum Gasteiger partial charge on any atom is -0.469 e. The van der Waals surface area contributed by atoms with Gasteiger partial charge in [0, 0.05) is 18.5 Å². The summed E-state index contributed by atoms with van der Waals surface area (Å²) in [7, 11) is 0. The van der Waals surface area contributed by atoms with Gasteiger partial charge in [-0.05, 0) is 43.3 Å². The Kier molecular flexibility index (Phi) is 5.75. The van der Waals surface area contributed by atoms with Crippen LogP contribution < -0.4 is 10.9 Å². The number of nitrogens with one attached hydrogen (secondary N) is 2. The Bertz CT molecular complexity index is 1470. The van der Waals surface area contributed by atoms with E-state index in [4.69, 9.17) is 4.42 Å². The van der Waals surface area contributed by atoms with E-state index in [0.29, 0.717) is 23.1 Å². The van der Waals surface area contributed by atoms with Crippen molar-refractivity contribution < 1.29 is 4.42 Å². The number of anilines is 1. The number of fused-ring (bicyclic) bond motifs is 1. The summed E-state index contributed by atoms with van der Waals surface area (Å²) in [5.74, 6) is 1.50. The van der Waals surface area contributed by atoms with Gasteiger partial charge in [0.05, 0.1) is 23.0 Å². The lowest BCUT2D eigenvalue weighted by molar-refractivity contribution is 0.534. The average molecular weight is 458 g/mol. The highest BCUT2D eigenvalue weighted by atomic mass is 32.2. The first kappa shape index (κ1) is 21.1. The Labute approximate surface area is 194 Å². The van der Waals surface area contributed by atoms with E-state index in [1.807, 2.05) is 66.9 Å². The lowest BCUT2D eigenvalue weighted by Gasteiger charge is -2.14. The molecule has 5 aromatic rings. The molecule has 3 heterocycles. The number of nitrogens with zero attached hydrogens (tertiary/aromatic N) is 3. The topological polar surface area (TPSA) is 88.7 Å². The summed E-state index contributed by atoms with van der Waals surface area (Å²) >= 11 is 1.32. The zero-order valence-corrected chi connectivity index (χ0v) is 19.1. The fourth-order valence-electron chi connectivity index (χ4n) is 3.84. The highest BCUT2D eigenvalue weighted by Gasteiger charge is 2.21. The van der Waals surface area contributed by atoms with Gasteiger partial charge in [0.15, 0.2) is 11.0 Å². The van der Waals surface area contributed by atoms with Crippen molar-refractivity contribution in [2.45, 2.75) is 37.0 Å². The van der Waals surface area contributed by atoms with Gasteiger partial charge in [-0.1, -0.05) is 48.5 Å². The number of hydrogen-bond donors (Lipinski definition) is 2. The lowest BCUT2D eigenvalue weighted by Crippen LogP contribution is -2.14. The van der Waals surface area contributed by atoms with Crippen molar-refractivity contribution in [3.8, 4) is 11.4 Å². The van der Waals surface area contributed by atoms with E-state index in [-0.39, 0.29) is 5.56 Å². The third-order valence-electron chi connectivity index (χ3n) is 5.52. The Morgan fingerprint density at radius 3 is 2.61 bits per heavy atom. The Hall–Kier alpha value is -3.78. The molecule has 8 heteroatoms. The molecule has 0 atom stereocenters. The first-order chi connectivity index (χ1) is 16.2. The number of hydrogen-bond acceptors (Lipinski definition) is 6. The first-order valence-electron chi connectivity index (χ1n) is 10.7. The number of para-hydroxylation sites is 1. The van der Waals surface area contributed by atoms with Gasteiger partial charge in [-0.15, -0.1) is 10.2 Å². The van der Waals surface area contributed by atoms with Crippen LogP contribution in [-0.4, -0.2) is 19.7 Å². The standard InChI is InChI=1S/C25H23N5O2S/c1-3-30-23(18-13-14-32-16(18)2)28-29-25(30)33-22-21(26-15-17-9-5-4-6-10-17)19-11-7-8-12-20(19)27-24(22)31/h4-14H,3,15H2,1-2H3,(H2,26,27,31). The second kappa shape index (κ2) is 8.99. The number of H-pyrrole nitrogens is 1. The van der Waals surface area contributed by atoms with Crippen molar-refractivity contribution in [1.82, 2.24) is 19.7 Å². The molecule has 0 fully saturated rings. The maximum atomic E-state index is 13.2. The zero-order chi connectivity index (χ0) is 22.8. The van der Waals surface area contributed by atoms with Gasteiger partial charge in [0.25, 0.3) is 5.56 Å². The molecule has 0 aliphatic heterocycles. The second-order valence-electron chi connectivity index (χ2n) is 7.59. The summed E-state index contributed by atoms with van der Waals surface area (Å²) in [5, 5.41) is 13.9. The molecular weight excluding hydrogens is 434 g/mol. The first-order valence-corrected chi connectivity index (χ1v) is 11.6. The molecule has 166 valence electrons. The van der Waals surface area contributed by atoms with E-state index >= 15 is 0 Å². The molecule has 0 spiro atoms. The maximum absolute atomic E-state index is 13.2. The molecule has 33 heavy (non-hydrogen) atoms. The van der Waals surface area contributed by atoms with Crippen molar-refractivity contribution in [2.24, 2.45) is 0 Å². The summed E-state index contributed by atoms with van der Waals surface area (Å²) in [5.41, 5.74) is 3.43. The van der Waals surface area contributed by atoms with Gasteiger partial charge in [0.2, 0.25) is 0 Å². The van der Waals surface area contributed by atoms with Crippen LogP contribution in [0.1, 0.15) is 18.2 Å². The molecule has 2 N–H and O–H groups in total. The van der Waals surface area contributed by atoms with Crippen LogP contribution >= 0.6 is 11.8 Å². The van der Waals surface area contributed by atoms with Crippen LogP contribution in [0.3, 0.4) is 0 Å². The number of rotatable bonds is 7. The zero-order valence-electron chi connectivity index (χ0n) is 18.3. The molecule has 0 amide bonds. The molecule has 0 saturated carbocycles. The predicted octanol–water partition coefficient (Wildman–Crippen LogP) is 5.47. The minimum absolute atomic E-state index is 0.166. The van der Waals surface area contributed by atoms with E-state index in [1.165, 1.54) is 11.8 Å². The fourth-order valence-corrected chi connectivity index (χ4v) is 4.86. The SMILES string of the molecule is CCn1c(Sc2c(NCc3ccccc3)c3ccccc3[nH]c2=O)nnc1-c1ccoc1C. The molecule has 0 aliphatic rings. The van der Waals surface area contributed by atoms with E-state index in [2.05, 4.69) is 32.6 Å². The van der Waals surface area contributed by atoms with Gasteiger partial charge < -0.3 is 19.3 Å². The molecule has 7 nitrogen and oxygen atoms in total. The van der Waals surface area contributed by atoms with Crippen LogP contribution in [0.25, 0.3) is 22.3 Å². The van der Waals surface area contributed by atoms with Crippen molar-refractivity contribution >= 4 is 28.4 Å². The van der Waals surface area contributed by atoms with Crippen molar-refractivity contribution in [1.29, 1.82) is 0 Å². The smallest absolute Gasteiger partial charge is 0.264 e. The molecule has 2 aromatic carbocycles. The highest BCUT2D eigenvalue weighted by Crippen LogP contribution is 2.36. The number of aromatic amines is 1. The summed E-state index contributed by atoms with van der Waals surface area (Å²) < 4.78 is 7.45. The largest absolute Gasteiger partial charge is 0.469 e. The van der Waals surface area contributed by atoms with Crippen LogP contribution in [0.5, 0.6) is 0 Å². The summed E-state index contributed by atoms with van der Waals surface area (Å²) in [4.78, 5) is 16.7. The summed E-state index contributed by atoms with van der Waals surface area (Å²) in [6.45, 7) is 5.19. The predicted molar refractivity (Wildman–Crippen MR) is 131 cm³/mol. The molecule has 0 unspecified atom stereocenters. The molecule has 3 aromatic heterocycles. The average Bonchev–Trinajstić information content (AvgIpc) is 3.44. The Morgan fingerprint density at radius 2 is 1.85 bits per heavy atom. The third kappa shape index (κ3) is 4.05.